The summed E-state index contributed by atoms with van der Waals surface area (Å²) >= 11 is 0. The van der Waals surface area contributed by atoms with E-state index < -0.39 is 6.10 Å². The molecule has 4 heterocycles. The Morgan fingerprint density at radius 1 is 1.21 bits per heavy atom. The molecule has 2 aromatic heterocycles. The highest BCUT2D eigenvalue weighted by molar-refractivity contribution is 5.81. The van der Waals surface area contributed by atoms with E-state index in [2.05, 4.69) is 10.3 Å². The summed E-state index contributed by atoms with van der Waals surface area (Å²) in [6.45, 7) is 1.46. The quantitative estimate of drug-likeness (QED) is 0.797. The first kappa shape index (κ1) is 19.3. The second-order valence-corrected chi connectivity index (χ2v) is 7.49. The van der Waals surface area contributed by atoms with Gasteiger partial charge < -0.3 is 19.5 Å². The van der Waals surface area contributed by atoms with Gasteiger partial charge in [-0.3, -0.25) is 19.4 Å². The zero-order valence-electron chi connectivity index (χ0n) is 16.1. The van der Waals surface area contributed by atoms with Gasteiger partial charge >= 0.3 is 0 Å². The molecule has 2 aromatic rings. The lowest BCUT2D eigenvalue weighted by Gasteiger charge is -2.34. The Labute approximate surface area is 168 Å². The van der Waals surface area contributed by atoms with E-state index in [1.54, 1.807) is 29.4 Å². The predicted molar refractivity (Wildman–Crippen MR) is 105 cm³/mol. The Morgan fingerprint density at radius 3 is 2.86 bits per heavy atom. The summed E-state index contributed by atoms with van der Waals surface area (Å²) in [5.41, 5.74) is 0.599. The summed E-state index contributed by atoms with van der Waals surface area (Å²) in [5, 5.41) is 2.88. The van der Waals surface area contributed by atoms with Crippen molar-refractivity contribution in [3.63, 3.8) is 0 Å². The van der Waals surface area contributed by atoms with E-state index in [4.69, 9.17) is 4.74 Å². The first-order valence-corrected chi connectivity index (χ1v) is 9.86. The van der Waals surface area contributed by atoms with Gasteiger partial charge in [-0.15, -0.1) is 0 Å². The lowest BCUT2D eigenvalue weighted by atomic mass is 9.91. The van der Waals surface area contributed by atoms with Gasteiger partial charge in [-0.1, -0.05) is 12.1 Å². The Bertz CT molecular complexity index is 930. The summed E-state index contributed by atoms with van der Waals surface area (Å²) in [4.78, 5) is 42.8. The number of fused-ring (bicyclic) bond motifs is 1. The number of aromatic nitrogens is 2. The minimum Gasteiger partial charge on any atom is -0.363 e. The molecule has 8 heteroatoms. The van der Waals surface area contributed by atoms with Crippen LogP contribution in [0.5, 0.6) is 0 Å². The first-order valence-electron chi connectivity index (χ1n) is 9.86. The molecule has 8 nitrogen and oxygen atoms in total. The average Bonchev–Trinajstić information content (AvgIpc) is 3.18. The molecule has 29 heavy (non-hydrogen) atoms. The van der Waals surface area contributed by atoms with Crippen LogP contribution in [0.3, 0.4) is 0 Å². The smallest absolute Gasteiger partial charge is 0.250 e. The van der Waals surface area contributed by atoms with Gasteiger partial charge in [0.1, 0.15) is 12.6 Å². The van der Waals surface area contributed by atoms with Gasteiger partial charge in [0.25, 0.3) is 5.56 Å². The van der Waals surface area contributed by atoms with E-state index in [9.17, 15) is 14.4 Å². The van der Waals surface area contributed by atoms with Gasteiger partial charge in [0.05, 0.1) is 18.3 Å². The molecule has 0 aromatic carbocycles. The maximum atomic E-state index is 12.6. The van der Waals surface area contributed by atoms with Crippen LogP contribution < -0.4 is 10.9 Å². The molecule has 0 bridgehead atoms. The zero-order valence-corrected chi connectivity index (χ0v) is 16.1. The number of pyridine rings is 2. The number of piperidine rings is 1. The molecule has 4 rings (SSSR count). The number of carbonyl (C=O) groups excluding carboxylic acids is 2. The molecule has 3 atom stereocenters. The third-order valence-electron chi connectivity index (χ3n) is 5.57. The van der Waals surface area contributed by atoms with Gasteiger partial charge in [-0.05, 0) is 37.0 Å². The molecule has 0 spiro atoms. The highest BCUT2D eigenvalue weighted by atomic mass is 16.5. The lowest BCUT2D eigenvalue weighted by molar-refractivity contribution is -0.138. The fourth-order valence-electron chi connectivity index (χ4n) is 3.96. The molecule has 152 valence electrons. The van der Waals surface area contributed by atoms with E-state index >= 15 is 0 Å². The van der Waals surface area contributed by atoms with Crippen LogP contribution in [0.25, 0.3) is 0 Å². The Hall–Kier alpha value is -3.00. The summed E-state index contributed by atoms with van der Waals surface area (Å²) < 4.78 is 7.38. The van der Waals surface area contributed by atoms with E-state index in [1.165, 1.54) is 10.6 Å². The zero-order chi connectivity index (χ0) is 20.2. The van der Waals surface area contributed by atoms with E-state index in [-0.39, 0.29) is 35.9 Å². The number of rotatable bonds is 5. The van der Waals surface area contributed by atoms with Crippen molar-refractivity contribution in [2.24, 2.45) is 5.92 Å². The summed E-state index contributed by atoms with van der Waals surface area (Å²) in [6.07, 6.45) is 4.12. The van der Waals surface area contributed by atoms with Crippen molar-refractivity contribution in [2.45, 2.75) is 38.1 Å². The molecule has 2 saturated heterocycles. The summed E-state index contributed by atoms with van der Waals surface area (Å²) in [5.74, 6) is 0.0197. The topological polar surface area (TPSA) is 93.5 Å². The van der Waals surface area contributed by atoms with Gasteiger partial charge in [0.2, 0.25) is 11.8 Å². The molecule has 2 amide bonds. The van der Waals surface area contributed by atoms with Crippen molar-refractivity contribution in [1.29, 1.82) is 0 Å². The Morgan fingerprint density at radius 2 is 2.07 bits per heavy atom. The monoisotopic (exact) mass is 396 g/mol. The fraction of sp³-hybridized carbons (Fsp3) is 0.429. The fourth-order valence-corrected chi connectivity index (χ4v) is 3.96. The number of likely N-dealkylation sites (tertiary alicyclic amines) is 1. The average molecular weight is 396 g/mol. The molecule has 2 aliphatic rings. The molecular weight excluding hydrogens is 372 g/mol. The van der Waals surface area contributed by atoms with Crippen molar-refractivity contribution in [1.82, 2.24) is 19.8 Å². The number of carbonyl (C=O) groups is 2. The highest BCUT2D eigenvalue weighted by Gasteiger charge is 2.42. The van der Waals surface area contributed by atoms with E-state index in [1.807, 2.05) is 18.2 Å². The lowest BCUT2D eigenvalue weighted by Crippen LogP contribution is -2.47. The number of hydrogen-bond donors (Lipinski definition) is 1. The molecule has 0 aliphatic carbocycles. The number of hydrogen-bond acceptors (Lipinski definition) is 5. The largest absolute Gasteiger partial charge is 0.363 e. The van der Waals surface area contributed by atoms with Crippen LogP contribution in [0, 0.1) is 5.92 Å². The number of amides is 2. The summed E-state index contributed by atoms with van der Waals surface area (Å²) in [7, 11) is 0. The van der Waals surface area contributed by atoms with Crippen LogP contribution in [0.4, 0.5) is 0 Å². The van der Waals surface area contributed by atoms with Gasteiger partial charge in [0.15, 0.2) is 0 Å². The van der Waals surface area contributed by atoms with Crippen LogP contribution in [0.1, 0.15) is 18.5 Å². The van der Waals surface area contributed by atoms with E-state index in [0.717, 1.165) is 12.1 Å². The molecule has 1 N–H and O–H groups in total. The second-order valence-electron chi connectivity index (χ2n) is 7.49. The van der Waals surface area contributed by atoms with Crippen molar-refractivity contribution in [3.8, 4) is 0 Å². The van der Waals surface area contributed by atoms with Crippen molar-refractivity contribution < 1.29 is 14.3 Å². The third kappa shape index (κ3) is 4.54. The van der Waals surface area contributed by atoms with Crippen molar-refractivity contribution in [3.05, 3.63) is 64.8 Å². The molecular formula is C21H24N4O4. The van der Waals surface area contributed by atoms with Crippen LogP contribution >= 0.6 is 0 Å². The Kier molecular flexibility index (Phi) is 5.71. The van der Waals surface area contributed by atoms with Crippen LogP contribution in [0.15, 0.2) is 53.6 Å². The maximum absolute atomic E-state index is 12.6. The molecule has 1 unspecified atom stereocenters. The normalized spacial score (nSPS) is 23.4. The number of ether oxygens (including phenoxy) is 1. The molecule has 2 fully saturated rings. The molecule has 2 aliphatic heterocycles. The standard InChI is InChI=1S/C21H24N4O4/c26-19-6-2-4-9-24(19)14-20(27)25-10-7-15-11-17(29-18(15)13-25)21(28)23-12-16-5-1-3-8-22-16/h1-6,8-9,15,17-18H,7,10-14H2,(H,23,28)/t15-,17?,18-/m0/s1. The van der Waals surface area contributed by atoms with Gasteiger partial charge in [-0.25, -0.2) is 0 Å². The number of nitrogens with zero attached hydrogens (tertiary/aromatic N) is 3. The molecule has 0 radical (unpaired) electrons. The Balaban J connectivity index is 1.30. The predicted octanol–water partition coefficient (Wildman–Crippen LogP) is 0.566. The molecule has 0 saturated carbocycles. The van der Waals surface area contributed by atoms with Crippen LogP contribution in [-0.4, -0.2) is 51.6 Å². The second kappa shape index (κ2) is 8.57. The first-order chi connectivity index (χ1) is 14.1. The summed E-state index contributed by atoms with van der Waals surface area (Å²) in [6, 6.07) is 10.4. The number of nitrogens with one attached hydrogen (secondary N) is 1. The van der Waals surface area contributed by atoms with Crippen LogP contribution in [-0.2, 0) is 27.4 Å². The van der Waals surface area contributed by atoms with Crippen molar-refractivity contribution in [2.75, 3.05) is 13.1 Å². The van der Waals surface area contributed by atoms with Gasteiger partial charge in [-0.2, -0.15) is 0 Å². The highest BCUT2D eigenvalue weighted by Crippen LogP contribution is 2.33. The van der Waals surface area contributed by atoms with Crippen molar-refractivity contribution >= 4 is 11.8 Å². The third-order valence-corrected chi connectivity index (χ3v) is 5.57. The van der Waals surface area contributed by atoms with E-state index in [0.29, 0.717) is 26.1 Å². The van der Waals surface area contributed by atoms with Crippen LogP contribution in [0.2, 0.25) is 0 Å². The SMILES string of the molecule is O=C(NCc1ccccn1)C1C[C@@H]2CCN(C(=O)Cn3ccccc3=O)C[C@@H]2O1. The van der Waals surface area contributed by atoms with Gasteiger partial charge in [0, 0.05) is 31.5 Å². The minimum absolute atomic E-state index is 0.0189. The maximum Gasteiger partial charge on any atom is 0.250 e. The minimum atomic E-state index is -0.500.